The standard InChI is InChI=1S/C25H23N7O6S/c1-4-30(14-17-8-6-5-7-9-17)22-10-18(27-16(2)33)19(11-24(22)38-3)28-29-20-12-25(39-15-26)23(32(36)37)13-21(20)31(34)35/h5-13H,4,14H2,1-3H3,(H,27,33). The fourth-order valence-corrected chi connectivity index (χ4v) is 4.17. The molecule has 0 heterocycles. The average molecular weight is 550 g/mol. The molecular weight excluding hydrogens is 526 g/mol. The molecule has 0 aromatic heterocycles. The fourth-order valence-electron chi connectivity index (χ4n) is 3.67. The van der Waals surface area contributed by atoms with Crippen LogP contribution in [-0.4, -0.2) is 29.4 Å². The Morgan fingerprint density at radius 2 is 1.74 bits per heavy atom. The lowest BCUT2D eigenvalue weighted by molar-refractivity contribution is -0.395. The van der Waals surface area contributed by atoms with Crippen LogP contribution in [0.25, 0.3) is 0 Å². The zero-order chi connectivity index (χ0) is 28.5. The van der Waals surface area contributed by atoms with Crippen LogP contribution >= 0.6 is 11.8 Å². The summed E-state index contributed by atoms with van der Waals surface area (Å²) >= 11 is 0.470. The van der Waals surface area contributed by atoms with Crippen molar-refractivity contribution in [1.29, 1.82) is 5.26 Å². The minimum Gasteiger partial charge on any atom is -0.494 e. The number of rotatable bonds is 11. The number of amides is 1. The Kier molecular flexibility index (Phi) is 9.49. The molecule has 0 radical (unpaired) electrons. The SMILES string of the molecule is CCN(Cc1ccccc1)c1cc(NC(C)=O)c(N=Nc2cc(SC#N)c([N+](=O)[O-])cc2[N+](=O)[O-])cc1OC. The minimum absolute atomic E-state index is 0.128. The van der Waals surface area contributed by atoms with E-state index >= 15 is 0 Å². The van der Waals surface area contributed by atoms with Gasteiger partial charge in [0.1, 0.15) is 21.7 Å². The topological polar surface area (TPSA) is 176 Å². The minimum atomic E-state index is -0.830. The fraction of sp³-hybridized carbons (Fsp3) is 0.200. The normalized spacial score (nSPS) is 10.6. The number of nitro groups is 2. The summed E-state index contributed by atoms with van der Waals surface area (Å²) in [6, 6.07) is 14.7. The molecular formula is C25H23N7O6S. The number of hydrogen-bond acceptors (Lipinski definition) is 11. The largest absolute Gasteiger partial charge is 0.494 e. The summed E-state index contributed by atoms with van der Waals surface area (Å²) in [5, 5.41) is 44.5. The number of hydrogen-bond donors (Lipinski definition) is 1. The number of ether oxygens (including phenoxy) is 1. The summed E-state index contributed by atoms with van der Waals surface area (Å²) < 4.78 is 5.60. The molecule has 14 heteroatoms. The smallest absolute Gasteiger partial charge is 0.303 e. The molecule has 0 spiro atoms. The maximum absolute atomic E-state index is 12.0. The Balaban J connectivity index is 2.13. The molecule has 0 saturated carbocycles. The second-order valence-corrected chi connectivity index (χ2v) is 8.76. The highest BCUT2D eigenvalue weighted by Crippen LogP contribution is 2.42. The molecule has 0 unspecified atom stereocenters. The van der Waals surface area contributed by atoms with Gasteiger partial charge in [-0.1, -0.05) is 30.3 Å². The first-order valence-electron chi connectivity index (χ1n) is 11.4. The van der Waals surface area contributed by atoms with Crippen LogP contribution in [0.2, 0.25) is 0 Å². The van der Waals surface area contributed by atoms with Crippen LogP contribution in [0.5, 0.6) is 5.75 Å². The van der Waals surface area contributed by atoms with E-state index in [0.717, 1.165) is 17.7 Å². The molecule has 0 bridgehead atoms. The van der Waals surface area contributed by atoms with Crippen LogP contribution < -0.4 is 15.0 Å². The number of nitrogens with zero attached hydrogens (tertiary/aromatic N) is 6. The molecule has 3 aromatic carbocycles. The Bertz CT molecular complexity index is 1470. The Labute approximate surface area is 227 Å². The molecule has 1 N–H and O–H groups in total. The molecule has 13 nitrogen and oxygen atoms in total. The van der Waals surface area contributed by atoms with E-state index in [9.17, 15) is 25.0 Å². The van der Waals surface area contributed by atoms with Crippen LogP contribution in [0.3, 0.4) is 0 Å². The maximum atomic E-state index is 12.0. The zero-order valence-corrected chi connectivity index (χ0v) is 22.0. The number of carbonyl (C=O) groups excluding carboxylic acids is 1. The number of benzene rings is 3. The molecule has 0 aliphatic heterocycles. The Hall–Kier alpha value is -5.03. The van der Waals surface area contributed by atoms with Crippen molar-refractivity contribution >= 4 is 51.8 Å². The number of anilines is 2. The molecule has 0 aliphatic carbocycles. The van der Waals surface area contributed by atoms with Gasteiger partial charge >= 0.3 is 5.69 Å². The molecule has 0 aliphatic rings. The van der Waals surface area contributed by atoms with Gasteiger partial charge in [-0.2, -0.15) is 5.26 Å². The first kappa shape index (κ1) is 28.5. The zero-order valence-electron chi connectivity index (χ0n) is 21.2. The quantitative estimate of drug-likeness (QED) is 0.0921. The molecule has 0 fully saturated rings. The monoisotopic (exact) mass is 549 g/mol. The van der Waals surface area contributed by atoms with Gasteiger partial charge in [0.15, 0.2) is 5.69 Å². The van der Waals surface area contributed by atoms with E-state index < -0.39 is 21.2 Å². The van der Waals surface area contributed by atoms with Crippen molar-refractivity contribution in [1.82, 2.24) is 0 Å². The molecule has 3 aromatic rings. The van der Waals surface area contributed by atoms with E-state index in [1.54, 1.807) is 11.5 Å². The number of nitriles is 1. The van der Waals surface area contributed by atoms with Crippen LogP contribution in [0.1, 0.15) is 19.4 Å². The summed E-state index contributed by atoms with van der Waals surface area (Å²) in [5.74, 6) is 0.0254. The predicted molar refractivity (Wildman–Crippen MR) is 146 cm³/mol. The third-order valence-electron chi connectivity index (χ3n) is 5.42. The number of thiocyanates is 1. The van der Waals surface area contributed by atoms with Crippen LogP contribution in [0.4, 0.5) is 34.1 Å². The highest BCUT2D eigenvalue weighted by molar-refractivity contribution is 8.03. The number of carbonyl (C=O) groups is 1. The van der Waals surface area contributed by atoms with Gasteiger partial charge in [-0.15, -0.1) is 10.2 Å². The van der Waals surface area contributed by atoms with E-state index in [1.807, 2.05) is 42.2 Å². The van der Waals surface area contributed by atoms with E-state index in [4.69, 9.17) is 10.00 Å². The van der Waals surface area contributed by atoms with Gasteiger partial charge in [-0.05, 0) is 36.4 Å². The van der Waals surface area contributed by atoms with Crippen molar-refractivity contribution in [3.63, 3.8) is 0 Å². The summed E-state index contributed by atoms with van der Waals surface area (Å²) in [7, 11) is 1.47. The van der Waals surface area contributed by atoms with Crippen LogP contribution in [0.15, 0.2) is 69.7 Å². The first-order valence-corrected chi connectivity index (χ1v) is 12.2. The van der Waals surface area contributed by atoms with Crippen molar-refractivity contribution in [2.75, 3.05) is 23.9 Å². The molecule has 200 valence electrons. The van der Waals surface area contributed by atoms with Gasteiger partial charge in [-0.25, -0.2) is 0 Å². The number of nitrogens with one attached hydrogen (secondary N) is 1. The number of azo groups is 1. The number of nitro benzene ring substituents is 2. The highest BCUT2D eigenvalue weighted by Gasteiger charge is 2.25. The van der Waals surface area contributed by atoms with Gasteiger partial charge in [-0.3, -0.25) is 25.0 Å². The lowest BCUT2D eigenvalue weighted by atomic mass is 10.1. The van der Waals surface area contributed by atoms with Crippen molar-refractivity contribution < 1.29 is 19.4 Å². The van der Waals surface area contributed by atoms with Crippen molar-refractivity contribution in [2.24, 2.45) is 10.2 Å². The predicted octanol–water partition coefficient (Wildman–Crippen LogP) is 6.49. The van der Waals surface area contributed by atoms with E-state index in [0.29, 0.717) is 36.3 Å². The number of thioether (sulfide) groups is 1. The average Bonchev–Trinajstić information content (AvgIpc) is 2.91. The second kappa shape index (κ2) is 13.0. The molecule has 1 amide bonds. The van der Waals surface area contributed by atoms with E-state index in [2.05, 4.69) is 15.5 Å². The van der Waals surface area contributed by atoms with Gasteiger partial charge in [0, 0.05) is 26.1 Å². The third-order valence-corrected chi connectivity index (χ3v) is 6.06. The molecule has 39 heavy (non-hydrogen) atoms. The summed E-state index contributed by atoms with van der Waals surface area (Å²) in [5.41, 5.74) is 0.545. The lowest BCUT2D eigenvalue weighted by Crippen LogP contribution is -2.23. The van der Waals surface area contributed by atoms with Gasteiger partial charge in [0.05, 0.1) is 34.4 Å². The Morgan fingerprint density at radius 3 is 2.31 bits per heavy atom. The van der Waals surface area contributed by atoms with Crippen molar-refractivity contribution in [3.8, 4) is 11.2 Å². The van der Waals surface area contributed by atoms with Gasteiger partial charge < -0.3 is 15.0 Å². The molecule has 0 atom stereocenters. The van der Waals surface area contributed by atoms with Gasteiger partial charge in [0.25, 0.3) is 5.69 Å². The molecule has 0 saturated heterocycles. The lowest BCUT2D eigenvalue weighted by Gasteiger charge is -2.26. The third kappa shape index (κ3) is 7.05. The van der Waals surface area contributed by atoms with Crippen molar-refractivity contribution in [3.05, 3.63) is 80.4 Å². The second-order valence-electron chi connectivity index (χ2n) is 7.94. The van der Waals surface area contributed by atoms with E-state index in [-0.39, 0.29) is 27.9 Å². The van der Waals surface area contributed by atoms with Crippen molar-refractivity contribution in [2.45, 2.75) is 25.3 Å². The number of methoxy groups -OCH3 is 1. The van der Waals surface area contributed by atoms with Gasteiger partial charge in [0.2, 0.25) is 5.91 Å². The summed E-state index contributed by atoms with van der Waals surface area (Å²) in [6.07, 6.45) is 0. The molecule has 3 rings (SSSR count). The first-order chi connectivity index (χ1) is 18.7. The highest BCUT2D eigenvalue weighted by atomic mass is 32.2. The van der Waals surface area contributed by atoms with Crippen LogP contribution in [-0.2, 0) is 11.3 Å². The van der Waals surface area contributed by atoms with E-state index in [1.165, 1.54) is 20.1 Å². The maximum Gasteiger partial charge on any atom is 0.303 e. The summed E-state index contributed by atoms with van der Waals surface area (Å²) in [4.78, 5) is 35.2. The van der Waals surface area contributed by atoms with Crippen LogP contribution in [0, 0.1) is 30.9 Å². The Morgan fingerprint density at radius 1 is 1.08 bits per heavy atom. The summed E-state index contributed by atoms with van der Waals surface area (Å²) in [6.45, 7) is 4.46.